The van der Waals surface area contributed by atoms with E-state index in [1.807, 2.05) is 18.2 Å². The van der Waals surface area contributed by atoms with Crippen LogP contribution >= 0.6 is 0 Å². The summed E-state index contributed by atoms with van der Waals surface area (Å²) in [6.45, 7) is 0.367. The number of ether oxygens (including phenoxy) is 1. The molecule has 1 aliphatic rings. The molecule has 1 aliphatic carbocycles. The molecule has 0 spiro atoms. The number of hydrogen-bond acceptors (Lipinski definition) is 4. The number of nitrogens with zero attached hydrogens (tertiary/aromatic N) is 2. The number of aromatic hydroxyl groups is 1. The minimum Gasteiger partial charge on any atom is -0.507 e. The monoisotopic (exact) mass is 256 g/mol. The molecule has 3 rings (SSSR count). The Morgan fingerprint density at radius 3 is 2.95 bits per heavy atom. The molecular formula is C15H16N2O2. The van der Waals surface area contributed by atoms with Crippen LogP contribution in [0.4, 0.5) is 0 Å². The fourth-order valence-corrected chi connectivity index (χ4v) is 2.36. The van der Waals surface area contributed by atoms with E-state index in [9.17, 15) is 5.11 Å². The zero-order chi connectivity index (χ0) is 13.1. The summed E-state index contributed by atoms with van der Waals surface area (Å²) in [5.41, 5.74) is 2.81. The smallest absolute Gasteiger partial charge is 0.217 e. The van der Waals surface area contributed by atoms with Crippen LogP contribution in [0.2, 0.25) is 0 Å². The third-order valence-electron chi connectivity index (χ3n) is 3.35. The fraction of sp³-hybridized carbons (Fsp3) is 0.333. The van der Waals surface area contributed by atoms with Crippen LogP contribution in [0.3, 0.4) is 0 Å². The van der Waals surface area contributed by atoms with Crippen molar-refractivity contribution in [3.05, 3.63) is 47.4 Å². The molecule has 0 saturated carbocycles. The maximum atomic E-state index is 10.00. The van der Waals surface area contributed by atoms with Gasteiger partial charge < -0.3 is 9.84 Å². The Hall–Kier alpha value is -2.10. The lowest BCUT2D eigenvalue weighted by Crippen LogP contribution is -2.07. The van der Waals surface area contributed by atoms with Gasteiger partial charge in [-0.2, -0.15) is 0 Å². The van der Waals surface area contributed by atoms with Gasteiger partial charge in [0.1, 0.15) is 12.4 Å². The van der Waals surface area contributed by atoms with Gasteiger partial charge in [0.2, 0.25) is 5.88 Å². The summed E-state index contributed by atoms with van der Waals surface area (Å²) >= 11 is 0. The van der Waals surface area contributed by atoms with Crippen molar-refractivity contribution >= 4 is 0 Å². The van der Waals surface area contributed by atoms with Crippen LogP contribution in [0.15, 0.2) is 30.5 Å². The van der Waals surface area contributed by atoms with E-state index in [0.717, 1.165) is 42.6 Å². The van der Waals surface area contributed by atoms with Crippen molar-refractivity contribution in [1.82, 2.24) is 9.97 Å². The van der Waals surface area contributed by atoms with Crippen molar-refractivity contribution in [3.63, 3.8) is 0 Å². The van der Waals surface area contributed by atoms with Gasteiger partial charge in [-0.05, 0) is 37.8 Å². The summed E-state index contributed by atoms with van der Waals surface area (Å²) in [5, 5.41) is 10.00. The van der Waals surface area contributed by atoms with Crippen LogP contribution in [-0.2, 0) is 19.4 Å². The highest BCUT2D eigenvalue weighted by Crippen LogP contribution is 2.30. The van der Waals surface area contributed by atoms with Crippen molar-refractivity contribution in [3.8, 4) is 11.6 Å². The van der Waals surface area contributed by atoms with Crippen LogP contribution in [0, 0.1) is 0 Å². The van der Waals surface area contributed by atoms with Gasteiger partial charge in [0.25, 0.3) is 0 Å². The molecule has 0 fully saturated rings. The van der Waals surface area contributed by atoms with Crippen LogP contribution in [0.1, 0.15) is 29.8 Å². The predicted octanol–water partition coefficient (Wildman–Crippen LogP) is 2.64. The highest BCUT2D eigenvalue weighted by Gasteiger charge is 2.16. The molecule has 0 aromatic carbocycles. The molecule has 19 heavy (non-hydrogen) atoms. The van der Waals surface area contributed by atoms with E-state index in [0.29, 0.717) is 18.2 Å². The van der Waals surface area contributed by atoms with Gasteiger partial charge in [0, 0.05) is 17.8 Å². The van der Waals surface area contributed by atoms with Crippen molar-refractivity contribution in [2.45, 2.75) is 32.3 Å². The Morgan fingerprint density at radius 2 is 2.11 bits per heavy atom. The van der Waals surface area contributed by atoms with E-state index in [1.165, 1.54) is 0 Å². The van der Waals surface area contributed by atoms with Crippen molar-refractivity contribution in [2.75, 3.05) is 0 Å². The summed E-state index contributed by atoms with van der Waals surface area (Å²) in [5.74, 6) is 0.782. The van der Waals surface area contributed by atoms with Crippen LogP contribution in [-0.4, -0.2) is 15.1 Å². The van der Waals surface area contributed by atoms with Gasteiger partial charge in [-0.1, -0.05) is 6.07 Å². The molecule has 0 radical (unpaired) electrons. The molecule has 0 atom stereocenters. The van der Waals surface area contributed by atoms with E-state index in [1.54, 1.807) is 12.3 Å². The third-order valence-corrected chi connectivity index (χ3v) is 3.35. The van der Waals surface area contributed by atoms with E-state index >= 15 is 0 Å². The maximum Gasteiger partial charge on any atom is 0.217 e. The predicted molar refractivity (Wildman–Crippen MR) is 71.1 cm³/mol. The fourth-order valence-electron chi connectivity index (χ4n) is 2.36. The SMILES string of the molecule is Oc1cc(OCc2ccccn2)nc2c1CCCC2. The molecule has 0 aliphatic heterocycles. The first kappa shape index (κ1) is 12.0. The number of hydrogen-bond donors (Lipinski definition) is 1. The van der Waals surface area contributed by atoms with Gasteiger partial charge in [0.15, 0.2) is 0 Å². The van der Waals surface area contributed by atoms with Crippen LogP contribution in [0.25, 0.3) is 0 Å². The second kappa shape index (κ2) is 5.26. The molecule has 98 valence electrons. The Labute approximate surface area is 112 Å². The minimum absolute atomic E-state index is 0.306. The van der Waals surface area contributed by atoms with E-state index < -0.39 is 0 Å². The molecule has 0 unspecified atom stereocenters. The lowest BCUT2D eigenvalue weighted by molar-refractivity contribution is 0.285. The summed E-state index contributed by atoms with van der Waals surface area (Å²) in [6.07, 6.45) is 5.81. The standard InChI is InChI=1S/C15H16N2O2/c18-14-9-15(17-13-7-2-1-6-12(13)14)19-10-11-5-3-4-8-16-11/h3-5,8-9H,1-2,6-7,10H2,(H,17,18). The summed E-state index contributed by atoms with van der Waals surface area (Å²) in [7, 11) is 0. The topological polar surface area (TPSA) is 55.2 Å². The van der Waals surface area contributed by atoms with Gasteiger partial charge in [-0.3, -0.25) is 4.98 Å². The quantitative estimate of drug-likeness (QED) is 0.917. The zero-order valence-electron chi connectivity index (χ0n) is 10.7. The third kappa shape index (κ3) is 2.67. The first-order valence-electron chi connectivity index (χ1n) is 6.57. The lowest BCUT2D eigenvalue weighted by Gasteiger charge is -2.17. The second-order valence-electron chi connectivity index (χ2n) is 4.72. The second-order valence-corrected chi connectivity index (χ2v) is 4.72. The largest absolute Gasteiger partial charge is 0.507 e. The Bertz CT molecular complexity index is 570. The number of fused-ring (bicyclic) bond motifs is 1. The van der Waals surface area contributed by atoms with Crippen molar-refractivity contribution in [2.24, 2.45) is 0 Å². The zero-order valence-corrected chi connectivity index (χ0v) is 10.7. The van der Waals surface area contributed by atoms with Gasteiger partial charge in [0.05, 0.1) is 11.4 Å². The Morgan fingerprint density at radius 1 is 1.21 bits per heavy atom. The average Bonchev–Trinajstić information content (AvgIpc) is 2.46. The van der Waals surface area contributed by atoms with E-state index in [2.05, 4.69) is 9.97 Å². The number of aryl methyl sites for hydroxylation is 1. The molecule has 4 nitrogen and oxygen atoms in total. The van der Waals surface area contributed by atoms with E-state index in [4.69, 9.17) is 4.74 Å². The molecular weight excluding hydrogens is 240 g/mol. The highest BCUT2D eigenvalue weighted by atomic mass is 16.5. The molecule has 1 N–H and O–H groups in total. The summed E-state index contributed by atoms with van der Waals surface area (Å²) < 4.78 is 5.61. The molecule has 2 heterocycles. The summed E-state index contributed by atoms with van der Waals surface area (Å²) in [4.78, 5) is 8.67. The van der Waals surface area contributed by atoms with Crippen molar-refractivity contribution in [1.29, 1.82) is 0 Å². The molecule has 0 saturated heterocycles. The van der Waals surface area contributed by atoms with Crippen LogP contribution < -0.4 is 4.74 Å². The molecule has 2 aromatic rings. The summed E-state index contributed by atoms with van der Waals surface area (Å²) in [6, 6.07) is 7.29. The van der Waals surface area contributed by atoms with Crippen LogP contribution in [0.5, 0.6) is 11.6 Å². The average molecular weight is 256 g/mol. The van der Waals surface area contributed by atoms with Gasteiger partial charge >= 0.3 is 0 Å². The molecule has 2 aromatic heterocycles. The van der Waals surface area contributed by atoms with Gasteiger partial charge in [-0.15, -0.1) is 0 Å². The normalized spacial score (nSPS) is 13.9. The molecule has 0 bridgehead atoms. The van der Waals surface area contributed by atoms with Crippen molar-refractivity contribution < 1.29 is 9.84 Å². The first-order chi connectivity index (χ1) is 9.33. The highest BCUT2D eigenvalue weighted by molar-refractivity contribution is 5.40. The first-order valence-corrected chi connectivity index (χ1v) is 6.57. The van der Waals surface area contributed by atoms with E-state index in [-0.39, 0.29) is 0 Å². The number of pyridine rings is 2. The number of aromatic nitrogens is 2. The maximum absolute atomic E-state index is 10.00. The molecule has 4 heteroatoms. The minimum atomic E-state index is 0.306. The lowest BCUT2D eigenvalue weighted by atomic mass is 9.95. The van der Waals surface area contributed by atoms with Gasteiger partial charge in [-0.25, -0.2) is 4.98 Å². The Kier molecular flexibility index (Phi) is 3.31. The molecule has 0 amide bonds. The number of rotatable bonds is 3. The Balaban J connectivity index is 1.76.